The van der Waals surface area contributed by atoms with E-state index in [1.165, 1.54) is 0 Å². The maximum atomic E-state index is 11.8. The molecule has 92 valence electrons. The molecule has 0 spiro atoms. The van der Waals surface area contributed by atoms with Gasteiger partial charge in [0, 0.05) is 12.5 Å². The van der Waals surface area contributed by atoms with Gasteiger partial charge in [0.2, 0.25) is 0 Å². The number of hydrogen-bond acceptors (Lipinski definition) is 2. The first-order valence-electron chi connectivity index (χ1n) is 5.72. The second-order valence-corrected chi connectivity index (χ2v) is 4.30. The Morgan fingerprint density at radius 1 is 1.25 bits per heavy atom. The highest BCUT2D eigenvalue weighted by Gasteiger charge is 2.27. The smallest absolute Gasteiger partial charge is 0.313 e. The van der Waals surface area contributed by atoms with Gasteiger partial charge < -0.3 is 5.32 Å². The van der Waals surface area contributed by atoms with Crippen LogP contribution in [-0.4, -0.2) is 18.8 Å². The van der Waals surface area contributed by atoms with Crippen molar-refractivity contribution in [1.82, 2.24) is 5.32 Å². The summed E-state index contributed by atoms with van der Waals surface area (Å²) < 4.78 is 35.5. The molecule has 0 bridgehead atoms. The Kier molecular flexibility index (Phi) is 5.07. The van der Waals surface area contributed by atoms with E-state index in [0.717, 1.165) is 19.3 Å². The van der Waals surface area contributed by atoms with Gasteiger partial charge in [0.25, 0.3) is 0 Å². The second-order valence-electron chi connectivity index (χ2n) is 4.30. The van der Waals surface area contributed by atoms with Crippen LogP contribution in [0.15, 0.2) is 0 Å². The molecule has 0 aromatic carbocycles. The fourth-order valence-corrected chi connectivity index (χ4v) is 2.10. The second kappa shape index (κ2) is 6.09. The SMILES string of the molecule is N#CC1CCCC1NCCCCC(F)(F)F. The van der Waals surface area contributed by atoms with E-state index in [1.54, 1.807) is 0 Å². The van der Waals surface area contributed by atoms with Crippen molar-refractivity contribution in [2.24, 2.45) is 5.92 Å². The van der Waals surface area contributed by atoms with Crippen LogP contribution in [0.1, 0.15) is 38.5 Å². The summed E-state index contributed by atoms with van der Waals surface area (Å²) in [5.74, 6) is 0.0441. The standard InChI is InChI=1S/C11H17F3N2/c12-11(13,14)6-1-2-7-16-10-5-3-4-9(10)8-15/h9-10,16H,1-7H2. The van der Waals surface area contributed by atoms with Crippen LogP contribution in [0.5, 0.6) is 0 Å². The van der Waals surface area contributed by atoms with Crippen molar-refractivity contribution < 1.29 is 13.2 Å². The molecule has 1 aliphatic rings. The average molecular weight is 234 g/mol. The number of halogens is 3. The summed E-state index contributed by atoms with van der Waals surface area (Å²) in [7, 11) is 0. The quantitative estimate of drug-likeness (QED) is 0.742. The van der Waals surface area contributed by atoms with Gasteiger partial charge in [0.05, 0.1) is 12.0 Å². The number of unbranched alkanes of at least 4 members (excludes halogenated alkanes) is 1. The Labute approximate surface area is 93.8 Å². The molecule has 2 atom stereocenters. The van der Waals surface area contributed by atoms with Crippen LogP contribution in [0.3, 0.4) is 0 Å². The fourth-order valence-electron chi connectivity index (χ4n) is 2.10. The van der Waals surface area contributed by atoms with Crippen molar-refractivity contribution >= 4 is 0 Å². The van der Waals surface area contributed by atoms with Crippen LogP contribution in [0.4, 0.5) is 13.2 Å². The molecule has 0 saturated heterocycles. The van der Waals surface area contributed by atoms with Crippen molar-refractivity contribution in [3.63, 3.8) is 0 Å². The molecule has 1 rings (SSSR count). The molecule has 0 radical (unpaired) electrons. The van der Waals surface area contributed by atoms with Crippen molar-refractivity contribution in [3.05, 3.63) is 0 Å². The lowest BCUT2D eigenvalue weighted by Crippen LogP contribution is -2.32. The maximum absolute atomic E-state index is 11.8. The summed E-state index contributed by atoms with van der Waals surface area (Å²) in [6, 6.07) is 2.43. The van der Waals surface area contributed by atoms with Gasteiger partial charge >= 0.3 is 6.18 Å². The zero-order valence-corrected chi connectivity index (χ0v) is 9.19. The minimum atomic E-state index is -4.04. The highest BCUT2D eigenvalue weighted by molar-refractivity contribution is 4.96. The normalized spacial score (nSPS) is 25.6. The molecule has 1 fully saturated rings. The topological polar surface area (TPSA) is 35.8 Å². The highest BCUT2D eigenvalue weighted by Crippen LogP contribution is 2.25. The monoisotopic (exact) mass is 234 g/mol. The molecular formula is C11H17F3N2. The lowest BCUT2D eigenvalue weighted by atomic mass is 10.1. The van der Waals surface area contributed by atoms with E-state index >= 15 is 0 Å². The van der Waals surface area contributed by atoms with Crippen molar-refractivity contribution in [3.8, 4) is 6.07 Å². The number of rotatable bonds is 5. The van der Waals surface area contributed by atoms with Gasteiger partial charge in [-0.15, -0.1) is 0 Å². The van der Waals surface area contributed by atoms with Crippen LogP contribution < -0.4 is 5.32 Å². The Bertz CT molecular complexity index is 245. The number of alkyl halides is 3. The molecule has 2 nitrogen and oxygen atoms in total. The molecule has 1 saturated carbocycles. The molecule has 2 unspecified atom stereocenters. The molecule has 16 heavy (non-hydrogen) atoms. The zero-order chi connectivity index (χ0) is 12.0. The Morgan fingerprint density at radius 2 is 2.00 bits per heavy atom. The van der Waals surface area contributed by atoms with Crippen molar-refractivity contribution in [2.75, 3.05) is 6.54 Å². The van der Waals surface area contributed by atoms with Crippen LogP contribution in [0.2, 0.25) is 0 Å². The molecule has 5 heteroatoms. The predicted octanol–water partition coefficient (Wildman–Crippen LogP) is 3.00. The molecule has 0 aromatic heterocycles. The Balaban J connectivity index is 2.05. The lowest BCUT2D eigenvalue weighted by molar-refractivity contribution is -0.135. The first-order valence-corrected chi connectivity index (χ1v) is 5.72. The molecule has 0 aliphatic heterocycles. The summed E-state index contributed by atoms with van der Waals surface area (Å²) in [5, 5.41) is 12.0. The van der Waals surface area contributed by atoms with Crippen molar-refractivity contribution in [2.45, 2.75) is 50.7 Å². The van der Waals surface area contributed by atoms with E-state index in [2.05, 4.69) is 11.4 Å². The summed E-state index contributed by atoms with van der Waals surface area (Å²) in [6.45, 7) is 0.582. The molecule has 1 aliphatic carbocycles. The third-order valence-corrected chi connectivity index (χ3v) is 2.98. The highest BCUT2D eigenvalue weighted by atomic mass is 19.4. The van der Waals surface area contributed by atoms with E-state index in [0.29, 0.717) is 13.0 Å². The summed E-state index contributed by atoms with van der Waals surface area (Å²) >= 11 is 0. The van der Waals surface area contributed by atoms with Crippen molar-refractivity contribution in [1.29, 1.82) is 5.26 Å². The fraction of sp³-hybridized carbons (Fsp3) is 0.909. The van der Waals surface area contributed by atoms with Crippen LogP contribution in [0.25, 0.3) is 0 Å². The molecule has 0 aromatic rings. The van der Waals surface area contributed by atoms with E-state index in [9.17, 15) is 13.2 Å². The average Bonchev–Trinajstić information content (AvgIpc) is 2.63. The Morgan fingerprint density at radius 3 is 2.62 bits per heavy atom. The summed E-state index contributed by atoms with van der Waals surface area (Å²) in [5.41, 5.74) is 0. The largest absolute Gasteiger partial charge is 0.389 e. The number of nitrogens with one attached hydrogen (secondary N) is 1. The zero-order valence-electron chi connectivity index (χ0n) is 9.19. The van der Waals surface area contributed by atoms with Crippen LogP contribution >= 0.6 is 0 Å². The van der Waals surface area contributed by atoms with E-state index in [-0.39, 0.29) is 18.4 Å². The number of hydrogen-bond donors (Lipinski definition) is 1. The van der Waals surface area contributed by atoms with Gasteiger partial charge in [-0.25, -0.2) is 0 Å². The molecular weight excluding hydrogens is 217 g/mol. The van der Waals surface area contributed by atoms with Gasteiger partial charge in [0.15, 0.2) is 0 Å². The Hall–Kier alpha value is -0.760. The minimum absolute atomic E-state index is 0.0441. The number of nitriles is 1. The van der Waals surface area contributed by atoms with Gasteiger partial charge in [-0.05, 0) is 32.2 Å². The lowest BCUT2D eigenvalue weighted by Gasteiger charge is -2.15. The molecule has 0 amide bonds. The van der Waals surface area contributed by atoms with Gasteiger partial charge in [-0.3, -0.25) is 0 Å². The van der Waals surface area contributed by atoms with Crippen LogP contribution in [-0.2, 0) is 0 Å². The minimum Gasteiger partial charge on any atom is -0.313 e. The summed E-state index contributed by atoms with van der Waals surface area (Å²) in [4.78, 5) is 0. The maximum Gasteiger partial charge on any atom is 0.389 e. The van der Waals surface area contributed by atoms with Gasteiger partial charge in [-0.1, -0.05) is 6.42 Å². The first-order chi connectivity index (χ1) is 7.53. The van der Waals surface area contributed by atoms with E-state index in [4.69, 9.17) is 5.26 Å². The van der Waals surface area contributed by atoms with E-state index < -0.39 is 12.6 Å². The van der Waals surface area contributed by atoms with Gasteiger partial charge in [0.1, 0.15) is 0 Å². The summed E-state index contributed by atoms with van der Waals surface area (Å²) in [6.07, 6.45) is -1.13. The van der Waals surface area contributed by atoms with Gasteiger partial charge in [-0.2, -0.15) is 18.4 Å². The molecule has 1 N–H and O–H groups in total. The predicted molar refractivity (Wildman–Crippen MR) is 54.7 cm³/mol. The molecule has 0 heterocycles. The number of nitrogens with zero attached hydrogens (tertiary/aromatic N) is 1. The van der Waals surface area contributed by atoms with Crippen LogP contribution in [0, 0.1) is 17.2 Å². The first kappa shape index (κ1) is 13.3. The third-order valence-electron chi connectivity index (χ3n) is 2.98. The van der Waals surface area contributed by atoms with E-state index in [1.807, 2.05) is 0 Å². The third kappa shape index (κ3) is 4.84.